The summed E-state index contributed by atoms with van der Waals surface area (Å²) in [6, 6.07) is 12.9. The van der Waals surface area contributed by atoms with Crippen LogP contribution in [0, 0.1) is 6.92 Å². The highest BCUT2D eigenvalue weighted by Crippen LogP contribution is 2.27. The van der Waals surface area contributed by atoms with Crippen molar-refractivity contribution in [3.05, 3.63) is 59.0 Å². The summed E-state index contributed by atoms with van der Waals surface area (Å²) in [4.78, 5) is 30.6. The van der Waals surface area contributed by atoms with Crippen LogP contribution in [0.4, 0.5) is 0 Å². The van der Waals surface area contributed by atoms with Crippen molar-refractivity contribution in [2.45, 2.75) is 65.1 Å². The number of carbonyl (C=O) groups excluding carboxylic acids is 2. The second kappa shape index (κ2) is 10.3. The van der Waals surface area contributed by atoms with Gasteiger partial charge in [-0.2, -0.15) is 0 Å². The molecule has 1 aromatic heterocycles. The standard InChI is InChI=1S/C26H35N3O3/c1-20-8-6-7-9-22(20)18-29(23-10-4-3-5-11-23)19-24-12-13-25(32-24)26(31)28-16-14-27(15-17-28)21(2)30/h6-9,12-13,23H,3-5,10-11,14-19H2,1-2H3. The quantitative estimate of drug-likeness (QED) is 0.679. The van der Waals surface area contributed by atoms with Gasteiger partial charge in [-0.05, 0) is 43.0 Å². The normalized spacial score (nSPS) is 17.7. The molecular formula is C26H35N3O3. The van der Waals surface area contributed by atoms with Gasteiger partial charge in [0.15, 0.2) is 5.76 Å². The van der Waals surface area contributed by atoms with Gasteiger partial charge >= 0.3 is 0 Å². The third-order valence-electron chi connectivity index (χ3n) is 6.97. The average Bonchev–Trinajstić information content (AvgIpc) is 3.29. The van der Waals surface area contributed by atoms with Crippen molar-refractivity contribution in [3.8, 4) is 0 Å². The minimum Gasteiger partial charge on any atom is -0.455 e. The summed E-state index contributed by atoms with van der Waals surface area (Å²) in [6.45, 7) is 7.63. The van der Waals surface area contributed by atoms with E-state index in [-0.39, 0.29) is 11.8 Å². The SMILES string of the molecule is CC(=O)N1CCN(C(=O)c2ccc(CN(Cc3ccccc3C)C3CCCCC3)o2)CC1. The fraction of sp³-hybridized carbons (Fsp3) is 0.538. The molecule has 2 aliphatic rings. The topological polar surface area (TPSA) is 57.0 Å². The Bertz CT molecular complexity index is 924. The first-order valence-corrected chi connectivity index (χ1v) is 11.9. The number of hydrogen-bond donors (Lipinski definition) is 0. The maximum Gasteiger partial charge on any atom is 0.289 e. The minimum atomic E-state index is -0.0810. The summed E-state index contributed by atoms with van der Waals surface area (Å²) >= 11 is 0. The van der Waals surface area contributed by atoms with E-state index in [0.717, 1.165) is 12.3 Å². The van der Waals surface area contributed by atoms with Crippen molar-refractivity contribution in [1.82, 2.24) is 14.7 Å². The van der Waals surface area contributed by atoms with Gasteiger partial charge in [-0.15, -0.1) is 0 Å². The van der Waals surface area contributed by atoms with Crippen LogP contribution in [0.25, 0.3) is 0 Å². The molecule has 0 spiro atoms. The lowest BCUT2D eigenvalue weighted by Gasteiger charge is -2.34. The Morgan fingerprint density at radius 2 is 1.62 bits per heavy atom. The van der Waals surface area contributed by atoms with E-state index in [9.17, 15) is 9.59 Å². The summed E-state index contributed by atoms with van der Waals surface area (Å²) in [6.07, 6.45) is 6.33. The molecule has 2 fully saturated rings. The molecule has 6 heteroatoms. The van der Waals surface area contributed by atoms with Crippen molar-refractivity contribution >= 4 is 11.8 Å². The van der Waals surface area contributed by atoms with Crippen LogP contribution in [0.3, 0.4) is 0 Å². The molecule has 0 atom stereocenters. The Morgan fingerprint density at radius 1 is 0.938 bits per heavy atom. The molecule has 1 saturated heterocycles. The van der Waals surface area contributed by atoms with Crippen LogP contribution in [0.5, 0.6) is 0 Å². The van der Waals surface area contributed by atoms with Gasteiger partial charge in [0.1, 0.15) is 5.76 Å². The number of aryl methyl sites for hydroxylation is 1. The van der Waals surface area contributed by atoms with Gasteiger partial charge in [-0.25, -0.2) is 0 Å². The lowest BCUT2D eigenvalue weighted by atomic mass is 9.93. The van der Waals surface area contributed by atoms with Gasteiger partial charge in [0.25, 0.3) is 5.91 Å². The number of benzene rings is 1. The van der Waals surface area contributed by atoms with E-state index in [1.807, 2.05) is 12.1 Å². The first-order chi connectivity index (χ1) is 15.5. The van der Waals surface area contributed by atoms with Crippen molar-refractivity contribution in [3.63, 3.8) is 0 Å². The highest BCUT2D eigenvalue weighted by molar-refractivity contribution is 5.91. The Kier molecular flexibility index (Phi) is 7.30. The van der Waals surface area contributed by atoms with E-state index >= 15 is 0 Å². The summed E-state index contributed by atoms with van der Waals surface area (Å²) in [5.41, 5.74) is 2.66. The number of amides is 2. The molecule has 1 aliphatic heterocycles. The van der Waals surface area contributed by atoms with E-state index in [0.29, 0.717) is 44.5 Å². The molecule has 2 aromatic rings. The Labute approximate surface area is 191 Å². The number of piperazine rings is 1. The monoisotopic (exact) mass is 437 g/mol. The summed E-state index contributed by atoms with van der Waals surface area (Å²) in [5.74, 6) is 1.22. The van der Waals surface area contributed by atoms with E-state index in [1.165, 1.54) is 43.2 Å². The van der Waals surface area contributed by atoms with Crippen LogP contribution in [0.15, 0.2) is 40.8 Å². The Hall–Kier alpha value is -2.60. The van der Waals surface area contributed by atoms with Crippen molar-refractivity contribution in [1.29, 1.82) is 0 Å². The molecule has 172 valence electrons. The van der Waals surface area contributed by atoms with Crippen molar-refractivity contribution < 1.29 is 14.0 Å². The second-order valence-electron chi connectivity index (χ2n) is 9.19. The Morgan fingerprint density at radius 3 is 2.31 bits per heavy atom. The van der Waals surface area contributed by atoms with E-state index in [2.05, 4.69) is 36.1 Å². The zero-order valence-electron chi connectivity index (χ0n) is 19.4. The van der Waals surface area contributed by atoms with E-state index in [4.69, 9.17) is 4.42 Å². The molecule has 1 aromatic carbocycles. The molecule has 0 radical (unpaired) electrons. The lowest BCUT2D eigenvalue weighted by molar-refractivity contribution is -0.130. The molecule has 2 heterocycles. The van der Waals surface area contributed by atoms with Crippen LogP contribution in [-0.4, -0.2) is 58.7 Å². The Balaban J connectivity index is 1.43. The smallest absolute Gasteiger partial charge is 0.289 e. The molecule has 1 aliphatic carbocycles. The van der Waals surface area contributed by atoms with Gasteiger partial charge in [0.2, 0.25) is 5.91 Å². The van der Waals surface area contributed by atoms with Gasteiger partial charge in [0, 0.05) is 45.7 Å². The molecule has 4 rings (SSSR count). The molecule has 0 N–H and O–H groups in total. The highest BCUT2D eigenvalue weighted by atomic mass is 16.4. The predicted molar refractivity (Wildman–Crippen MR) is 124 cm³/mol. The van der Waals surface area contributed by atoms with Gasteiger partial charge in [-0.1, -0.05) is 43.5 Å². The summed E-state index contributed by atoms with van der Waals surface area (Å²) in [7, 11) is 0. The fourth-order valence-corrected chi connectivity index (χ4v) is 4.92. The van der Waals surface area contributed by atoms with Crippen LogP contribution in [0.1, 0.15) is 66.5 Å². The number of furan rings is 1. The molecular weight excluding hydrogens is 402 g/mol. The van der Waals surface area contributed by atoms with E-state index < -0.39 is 0 Å². The highest BCUT2D eigenvalue weighted by Gasteiger charge is 2.27. The predicted octanol–water partition coefficient (Wildman–Crippen LogP) is 4.23. The lowest BCUT2D eigenvalue weighted by Crippen LogP contribution is -2.50. The van der Waals surface area contributed by atoms with Gasteiger partial charge in [0.05, 0.1) is 6.54 Å². The maximum absolute atomic E-state index is 12.9. The number of rotatable bonds is 6. The largest absolute Gasteiger partial charge is 0.455 e. The first-order valence-electron chi connectivity index (χ1n) is 11.9. The van der Waals surface area contributed by atoms with Crippen LogP contribution < -0.4 is 0 Å². The molecule has 1 saturated carbocycles. The van der Waals surface area contributed by atoms with Gasteiger partial charge < -0.3 is 14.2 Å². The van der Waals surface area contributed by atoms with Crippen molar-refractivity contribution in [2.75, 3.05) is 26.2 Å². The molecule has 6 nitrogen and oxygen atoms in total. The molecule has 32 heavy (non-hydrogen) atoms. The summed E-state index contributed by atoms with van der Waals surface area (Å²) < 4.78 is 6.05. The molecule has 0 unspecified atom stereocenters. The first kappa shape index (κ1) is 22.6. The van der Waals surface area contributed by atoms with Crippen LogP contribution in [-0.2, 0) is 17.9 Å². The van der Waals surface area contributed by atoms with E-state index in [1.54, 1.807) is 16.7 Å². The van der Waals surface area contributed by atoms with Crippen molar-refractivity contribution in [2.24, 2.45) is 0 Å². The maximum atomic E-state index is 12.9. The minimum absolute atomic E-state index is 0.0637. The third kappa shape index (κ3) is 5.41. The van der Waals surface area contributed by atoms with Gasteiger partial charge in [-0.3, -0.25) is 14.5 Å². The zero-order chi connectivity index (χ0) is 22.5. The molecule has 0 bridgehead atoms. The molecule has 2 amide bonds. The third-order valence-corrected chi connectivity index (χ3v) is 6.97. The fourth-order valence-electron chi connectivity index (χ4n) is 4.92. The summed E-state index contributed by atoms with van der Waals surface area (Å²) in [5, 5.41) is 0. The van der Waals surface area contributed by atoms with Crippen LogP contribution in [0.2, 0.25) is 0 Å². The average molecular weight is 438 g/mol. The zero-order valence-corrected chi connectivity index (χ0v) is 19.4. The van der Waals surface area contributed by atoms with Crippen LogP contribution >= 0.6 is 0 Å². The number of nitrogens with zero attached hydrogens (tertiary/aromatic N) is 3. The number of hydrogen-bond acceptors (Lipinski definition) is 4. The second-order valence-corrected chi connectivity index (χ2v) is 9.19. The number of carbonyl (C=O) groups is 2.